The predicted octanol–water partition coefficient (Wildman–Crippen LogP) is 3.28. The van der Waals surface area contributed by atoms with Gasteiger partial charge in [-0.25, -0.2) is 0 Å². The molecule has 2 rings (SSSR count). The van der Waals surface area contributed by atoms with Crippen LogP contribution in [0.5, 0.6) is 0 Å². The van der Waals surface area contributed by atoms with Crippen molar-refractivity contribution in [2.24, 2.45) is 0 Å². The van der Waals surface area contributed by atoms with Gasteiger partial charge in [0, 0.05) is 23.6 Å². The summed E-state index contributed by atoms with van der Waals surface area (Å²) in [5.74, 6) is -0.332. The maximum absolute atomic E-state index is 11.9. The van der Waals surface area contributed by atoms with Gasteiger partial charge < -0.3 is 5.32 Å². The van der Waals surface area contributed by atoms with Gasteiger partial charge in [-0.05, 0) is 23.9 Å². The molecule has 0 radical (unpaired) electrons. The van der Waals surface area contributed by atoms with Crippen LogP contribution in [0.2, 0.25) is 5.02 Å². The lowest BCUT2D eigenvalue weighted by Crippen LogP contribution is -2.25. The zero-order valence-corrected chi connectivity index (χ0v) is 11.9. The molecule has 0 saturated heterocycles. The molecular weight excluding hydrogens is 300 g/mol. The van der Waals surface area contributed by atoms with Gasteiger partial charge in [-0.3, -0.25) is 14.9 Å². The Morgan fingerprint density at radius 1 is 1.40 bits per heavy atom. The van der Waals surface area contributed by atoms with Gasteiger partial charge in [0.15, 0.2) is 0 Å². The first-order valence-electron chi connectivity index (χ1n) is 5.82. The number of rotatable bonds is 5. The number of benzene rings is 1. The molecule has 2 aromatic rings. The Hall–Kier alpha value is -1.92. The number of amides is 1. The molecule has 0 aliphatic rings. The normalized spacial score (nSPS) is 10.2. The molecule has 1 aromatic heterocycles. The molecule has 1 N–H and O–H groups in total. The van der Waals surface area contributed by atoms with E-state index >= 15 is 0 Å². The van der Waals surface area contributed by atoms with Gasteiger partial charge in [0.2, 0.25) is 0 Å². The molecular formula is C13H11ClN2O3S. The number of thiophene rings is 1. The van der Waals surface area contributed by atoms with Gasteiger partial charge in [-0.1, -0.05) is 17.7 Å². The fourth-order valence-corrected chi connectivity index (χ4v) is 2.62. The maximum atomic E-state index is 11.9. The highest BCUT2D eigenvalue weighted by Gasteiger charge is 2.14. The number of hydrogen-bond acceptors (Lipinski definition) is 4. The van der Waals surface area contributed by atoms with E-state index < -0.39 is 4.92 Å². The highest BCUT2D eigenvalue weighted by molar-refractivity contribution is 7.09. The van der Waals surface area contributed by atoms with Crippen LogP contribution in [-0.4, -0.2) is 17.4 Å². The molecule has 5 nitrogen and oxygen atoms in total. The van der Waals surface area contributed by atoms with Crippen LogP contribution in [0.25, 0.3) is 0 Å². The van der Waals surface area contributed by atoms with E-state index in [9.17, 15) is 14.9 Å². The molecule has 0 atom stereocenters. The lowest BCUT2D eigenvalue weighted by Gasteiger charge is -2.06. The van der Waals surface area contributed by atoms with E-state index in [0.29, 0.717) is 6.54 Å². The van der Waals surface area contributed by atoms with E-state index in [2.05, 4.69) is 5.32 Å². The zero-order chi connectivity index (χ0) is 14.5. The number of nitrogens with zero attached hydrogens (tertiary/aromatic N) is 1. The molecule has 1 aromatic carbocycles. The second-order valence-corrected chi connectivity index (χ2v) is 5.45. The average Bonchev–Trinajstić information content (AvgIpc) is 2.91. The van der Waals surface area contributed by atoms with E-state index in [1.165, 1.54) is 23.1 Å². The number of carbonyl (C=O) groups excluding carboxylic acids is 1. The molecule has 0 bridgehead atoms. The summed E-state index contributed by atoms with van der Waals surface area (Å²) in [4.78, 5) is 23.1. The third kappa shape index (κ3) is 3.55. The minimum atomic E-state index is -0.551. The number of non-ortho nitro benzene ring substituents is 1. The number of halogens is 1. The standard InChI is InChI=1S/C13H11ClN2O3S/c14-12-8-9(16(18)19)3-4-11(12)13(17)15-6-5-10-2-1-7-20-10/h1-4,7-8H,5-6H2,(H,15,17). The van der Waals surface area contributed by atoms with Crippen molar-refractivity contribution in [1.29, 1.82) is 0 Å². The Labute approximate surface area is 124 Å². The van der Waals surface area contributed by atoms with Gasteiger partial charge in [-0.15, -0.1) is 11.3 Å². The second-order valence-electron chi connectivity index (χ2n) is 4.01. The number of carbonyl (C=O) groups is 1. The van der Waals surface area contributed by atoms with Gasteiger partial charge in [0.25, 0.3) is 11.6 Å². The molecule has 0 fully saturated rings. The molecule has 0 unspecified atom stereocenters. The molecule has 104 valence electrons. The summed E-state index contributed by atoms with van der Waals surface area (Å²) >= 11 is 7.51. The first kappa shape index (κ1) is 14.5. The van der Waals surface area contributed by atoms with Crippen molar-refractivity contribution in [3.05, 3.63) is 61.3 Å². The SMILES string of the molecule is O=C(NCCc1cccs1)c1ccc([N+](=O)[O-])cc1Cl. The maximum Gasteiger partial charge on any atom is 0.270 e. The lowest BCUT2D eigenvalue weighted by molar-refractivity contribution is -0.384. The summed E-state index contributed by atoms with van der Waals surface area (Å²) in [6.07, 6.45) is 0.744. The summed E-state index contributed by atoms with van der Waals surface area (Å²) in [7, 11) is 0. The Morgan fingerprint density at radius 3 is 2.80 bits per heavy atom. The van der Waals surface area contributed by atoms with Crippen molar-refractivity contribution in [2.75, 3.05) is 6.54 Å². The van der Waals surface area contributed by atoms with Gasteiger partial charge in [0.1, 0.15) is 0 Å². The van der Waals surface area contributed by atoms with Crippen molar-refractivity contribution in [3.63, 3.8) is 0 Å². The van der Waals surface area contributed by atoms with Crippen LogP contribution in [0.4, 0.5) is 5.69 Å². The van der Waals surface area contributed by atoms with Crippen LogP contribution >= 0.6 is 22.9 Å². The molecule has 20 heavy (non-hydrogen) atoms. The van der Waals surface area contributed by atoms with Crippen LogP contribution in [0.15, 0.2) is 35.7 Å². The highest BCUT2D eigenvalue weighted by atomic mass is 35.5. The summed E-state index contributed by atoms with van der Waals surface area (Å²) < 4.78 is 0. The molecule has 0 aliphatic carbocycles. The lowest BCUT2D eigenvalue weighted by atomic mass is 10.2. The van der Waals surface area contributed by atoms with Crippen LogP contribution in [0.3, 0.4) is 0 Å². The topological polar surface area (TPSA) is 72.2 Å². The number of nitrogens with one attached hydrogen (secondary N) is 1. The van der Waals surface area contributed by atoms with Crippen molar-refractivity contribution in [3.8, 4) is 0 Å². The third-order valence-electron chi connectivity index (χ3n) is 2.65. The Bertz CT molecular complexity index is 629. The summed E-state index contributed by atoms with van der Waals surface area (Å²) in [5.41, 5.74) is 0.105. The predicted molar refractivity (Wildman–Crippen MR) is 78.5 cm³/mol. The molecule has 7 heteroatoms. The number of nitro benzene ring substituents is 1. The number of nitro groups is 1. The van der Waals surface area contributed by atoms with Gasteiger partial charge >= 0.3 is 0 Å². The van der Waals surface area contributed by atoms with Gasteiger partial charge in [-0.2, -0.15) is 0 Å². The van der Waals surface area contributed by atoms with Crippen LogP contribution in [-0.2, 0) is 6.42 Å². The summed E-state index contributed by atoms with van der Waals surface area (Å²) in [6.45, 7) is 0.493. The fraction of sp³-hybridized carbons (Fsp3) is 0.154. The number of hydrogen-bond donors (Lipinski definition) is 1. The van der Waals surface area contributed by atoms with Crippen molar-refractivity contribution < 1.29 is 9.72 Å². The monoisotopic (exact) mass is 310 g/mol. The first-order valence-corrected chi connectivity index (χ1v) is 7.08. The minimum Gasteiger partial charge on any atom is -0.352 e. The molecule has 0 saturated carbocycles. The van der Waals surface area contributed by atoms with E-state index in [4.69, 9.17) is 11.6 Å². The summed E-state index contributed by atoms with van der Waals surface area (Å²) in [6, 6.07) is 7.75. The molecule has 0 spiro atoms. The first-order chi connectivity index (χ1) is 9.58. The van der Waals surface area contributed by atoms with Crippen LogP contribution < -0.4 is 5.32 Å². The molecule has 1 heterocycles. The van der Waals surface area contributed by atoms with E-state index in [1.807, 2.05) is 17.5 Å². The van der Waals surface area contributed by atoms with Crippen molar-refractivity contribution in [2.45, 2.75) is 6.42 Å². The quantitative estimate of drug-likeness (QED) is 0.680. The van der Waals surface area contributed by atoms with Crippen LogP contribution in [0.1, 0.15) is 15.2 Å². The summed E-state index contributed by atoms with van der Waals surface area (Å²) in [5, 5.41) is 15.4. The van der Waals surface area contributed by atoms with Crippen molar-refractivity contribution in [1.82, 2.24) is 5.32 Å². The Morgan fingerprint density at radius 2 is 2.20 bits per heavy atom. The van der Waals surface area contributed by atoms with E-state index in [1.54, 1.807) is 11.3 Å². The van der Waals surface area contributed by atoms with Crippen LogP contribution in [0, 0.1) is 10.1 Å². The van der Waals surface area contributed by atoms with E-state index in [-0.39, 0.29) is 22.2 Å². The molecule has 1 amide bonds. The fourth-order valence-electron chi connectivity index (χ4n) is 1.65. The Kier molecular flexibility index (Phi) is 4.70. The van der Waals surface area contributed by atoms with Gasteiger partial charge in [0.05, 0.1) is 15.5 Å². The Balaban J connectivity index is 1.97. The largest absolute Gasteiger partial charge is 0.352 e. The molecule has 0 aliphatic heterocycles. The average molecular weight is 311 g/mol. The third-order valence-corrected chi connectivity index (χ3v) is 3.89. The second kappa shape index (κ2) is 6.49. The van der Waals surface area contributed by atoms with Crippen molar-refractivity contribution >= 4 is 34.5 Å². The highest BCUT2D eigenvalue weighted by Crippen LogP contribution is 2.22. The van der Waals surface area contributed by atoms with E-state index in [0.717, 1.165) is 6.42 Å². The minimum absolute atomic E-state index is 0.0767. The zero-order valence-electron chi connectivity index (χ0n) is 10.3. The smallest absolute Gasteiger partial charge is 0.270 e.